The summed E-state index contributed by atoms with van der Waals surface area (Å²) in [5.74, 6) is -0.281. The zero-order valence-corrected chi connectivity index (χ0v) is 9.83. The fraction of sp³-hybridized carbons (Fsp3) is 0. The maximum Gasteiger partial charge on any atom is 0.271 e. The van der Waals surface area contributed by atoms with Crippen molar-refractivity contribution in [2.75, 3.05) is 0 Å². The van der Waals surface area contributed by atoms with E-state index in [4.69, 9.17) is 0 Å². The molecule has 5 nitrogen and oxygen atoms in total. The minimum absolute atomic E-state index is 0.281. The minimum atomic E-state index is -3.67. The highest BCUT2D eigenvalue weighted by molar-refractivity contribution is 14.1. The number of hydrogen-bond acceptors (Lipinski definition) is 3. The second-order valence-electron chi connectivity index (χ2n) is 2.10. The van der Waals surface area contributed by atoms with Crippen LogP contribution in [-0.4, -0.2) is 8.42 Å². The predicted octanol–water partition coefficient (Wildman–Crippen LogP) is 0.460. The summed E-state index contributed by atoms with van der Waals surface area (Å²) in [4.78, 5) is 0. The largest absolute Gasteiger partial charge is 0.271 e. The Kier molecular flexibility index (Phi) is 5.92. The first-order valence-corrected chi connectivity index (χ1v) is 6.73. The van der Waals surface area contributed by atoms with Crippen LogP contribution in [0.5, 0.6) is 0 Å². The summed E-state index contributed by atoms with van der Waals surface area (Å²) in [5, 5.41) is 8.21. The van der Waals surface area contributed by atoms with Gasteiger partial charge in [-0.3, -0.25) is 3.07 Å². The summed E-state index contributed by atoms with van der Waals surface area (Å²) >= 11 is -1.12. The smallest absolute Gasteiger partial charge is 0.265 e. The highest BCUT2D eigenvalue weighted by atomic mass is 127. The van der Waals surface area contributed by atoms with Crippen LogP contribution in [0, 0.1) is 9.39 Å². The molecule has 0 saturated carbocycles. The van der Waals surface area contributed by atoms with Gasteiger partial charge in [-0.1, -0.05) is 0 Å². The lowest BCUT2D eigenvalue weighted by Crippen LogP contribution is -2.21. The Hall–Kier alpha value is -0.450. The molecule has 8 heteroatoms. The Morgan fingerprint density at radius 1 is 1.14 bits per heavy atom. The fourth-order valence-corrected chi connectivity index (χ4v) is 1.13. The first-order valence-electron chi connectivity index (χ1n) is 3.16. The van der Waals surface area contributed by atoms with Crippen molar-refractivity contribution < 1.29 is 15.9 Å². The molecule has 0 aromatic heterocycles. The van der Waals surface area contributed by atoms with Crippen molar-refractivity contribution in [1.29, 1.82) is 0 Å². The Bertz CT molecular complexity index is 384. The molecule has 4 N–H and O–H groups in total. The second-order valence-corrected chi connectivity index (χ2v) is 4.97. The zero-order chi connectivity index (χ0) is 11.2. The van der Waals surface area contributed by atoms with Gasteiger partial charge >= 0.3 is 0 Å². The summed E-state index contributed by atoms with van der Waals surface area (Å²) in [6.07, 6.45) is 0. The summed E-state index contributed by atoms with van der Waals surface area (Å²) in [6, 6.07) is 5.70. The van der Waals surface area contributed by atoms with Gasteiger partial charge in [0.05, 0.1) is 0 Å². The van der Waals surface area contributed by atoms with E-state index >= 15 is 0 Å². The second kappa shape index (κ2) is 6.11. The van der Waals surface area contributed by atoms with Crippen LogP contribution in [-0.2, 0) is 13.3 Å². The van der Waals surface area contributed by atoms with Crippen LogP contribution in [0.4, 0.5) is 4.39 Å². The fourth-order valence-electron chi connectivity index (χ4n) is 0.481. The average Bonchev–Trinajstić information content (AvgIpc) is 2.03. The Balaban J connectivity index is 0.000000292. The summed E-state index contributed by atoms with van der Waals surface area (Å²) in [6.45, 7) is 0. The molecule has 1 aromatic rings. The van der Waals surface area contributed by atoms with Crippen molar-refractivity contribution in [3.05, 3.63) is 33.7 Å². The zero-order valence-electron chi connectivity index (χ0n) is 6.85. The molecular weight excluding hydrogens is 326 g/mol. The van der Waals surface area contributed by atoms with E-state index < -0.39 is 31.4 Å². The first kappa shape index (κ1) is 13.5. The molecular formula is C6H8FIN2O3S. The molecule has 0 spiro atoms. The molecule has 0 aliphatic rings. The van der Waals surface area contributed by atoms with Crippen LogP contribution in [0.1, 0.15) is 0 Å². The van der Waals surface area contributed by atoms with Gasteiger partial charge in [-0.2, -0.15) is 8.42 Å². The molecule has 1 aromatic carbocycles. The first-order chi connectivity index (χ1) is 6.33. The van der Waals surface area contributed by atoms with Gasteiger partial charge in [0.15, 0.2) is 21.2 Å². The van der Waals surface area contributed by atoms with Gasteiger partial charge < -0.3 is 0 Å². The van der Waals surface area contributed by atoms with Crippen LogP contribution in [0.25, 0.3) is 0 Å². The van der Waals surface area contributed by atoms with E-state index in [-0.39, 0.29) is 5.82 Å². The molecule has 0 amide bonds. The summed E-state index contributed by atoms with van der Waals surface area (Å²) in [5.41, 5.74) is 0. The standard InChI is InChI=1S/C6H4FIO.H4N2O2S/c7-5-1-3-6(8-9)4-2-5;1-5(2,3)4/h1-4H;(H4,1,2,3,4). The normalized spacial score (nSPS) is 10.2. The molecule has 14 heavy (non-hydrogen) atoms. The Morgan fingerprint density at radius 3 is 1.79 bits per heavy atom. The van der Waals surface area contributed by atoms with Crippen molar-refractivity contribution >= 4 is 31.4 Å². The Morgan fingerprint density at radius 2 is 1.50 bits per heavy atom. The predicted molar refractivity (Wildman–Crippen MR) is 57.1 cm³/mol. The van der Waals surface area contributed by atoms with Crippen molar-refractivity contribution in [2.45, 2.75) is 0 Å². The van der Waals surface area contributed by atoms with Crippen LogP contribution in [0.3, 0.4) is 0 Å². The molecule has 0 fully saturated rings. The number of hydrogen-bond donors (Lipinski definition) is 2. The molecule has 0 saturated heterocycles. The van der Waals surface area contributed by atoms with E-state index in [9.17, 15) is 15.9 Å². The maximum atomic E-state index is 12.1. The van der Waals surface area contributed by atoms with Gasteiger partial charge in [0.2, 0.25) is 0 Å². The molecule has 0 heterocycles. The third-order valence-electron chi connectivity index (χ3n) is 0.893. The van der Waals surface area contributed by atoms with E-state index in [1.807, 2.05) is 0 Å². The lowest BCUT2D eigenvalue weighted by molar-refractivity contribution is 0.599. The van der Waals surface area contributed by atoms with Crippen molar-refractivity contribution in [3.63, 3.8) is 0 Å². The van der Waals surface area contributed by atoms with Gasteiger partial charge in [-0.15, -0.1) is 0 Å². The molecule has 0 radical (unpaired) electrons. The third-order valence-corrected chi connectivity index (χ3v) is 2.12. The number of benzene rings is 1. The van der Waals surface area contributed by atoms with Crippen LogP contribution < -0.4 is 10.3 Å². The van der Waals surface area contributed by atoms with E-state index in [0.29, 0.717) is 0 Å². The SMILES string of the molecule is NS(N)(=O)=O.O=Ic1ccc(F)cc1. The lowest BCUT2D eigenvalue weighted by atomic mass is 10.4. The Labute approximate surface area is 91.1 Å². The van der Waals surface area contributed by atoms with Crippen molar-refractivity contribution in [3.8, 4) is 0 Å². The van der Waals surface area contributed by atoms with Gasteiger partial charge in [0.25, 0.3) is 10.2 Å². The van der Waals surface area contributed by atoms with Gasteiger partial charge in [0.1, 0.15) is 5.82 Å². The van der Waals surface area contributed by atoms with Crippen molar-refractivity contribution in [1.82, 2.24) is 0 Å². The number of halogens is 2. The molecule has 0 unspecified atom stereocenters. The van der Waals surface area contributed by atoms with Gasteiger partial charge in [-0.25, -0.2) is 14.7 Å². The monoisotopic (exact) mass is 334 g/mol. The molecule has 0 aliphatic heterocycles. The van der Waals surface area contributed by atoms with Crippen LogP contribution >= 0.6 is 21.2 Å². The topological polar surface area (TPSA) is 103 Å². The van der Waals surface area contributed by atoms with E-state index in [1.54, 1.807) is 0 Å². The average molecular weight is 334 g/mol. The molecule has 80 valence electrons. The summed E-state index contributed by atoms with van der Waals surface area (Å²) in [7, 11) is -3.67. The quantitative estimate of drug-likeness (QED) is 0.729. The number of nitrogens with two attached hydrogens (primary N) is 2. The van der Waals surface area contributed by atoms with E-state index in [2.05, 4.69) is 10.3 Å². The maximum absolute atomic E-state index is 12.1. The van der Waals surface area contributed by atoms with E-state index in [1.165, 1.54) is 24.3 Å². The van der Waals surface area contributed by atoms with E-state index in [0.717, 1.165) is 3.57 Å². The molecule has 0 atom stereocenters. The highest BCUT2D eigenvalue weighted by Gasteiger charge is 1.89. The van der Waals surface area contributed by atoms with Gasteiger partial charge in [-0.05, 0) is 24.3 Å². The molecule has 1 rings (SSSR count). The van der Waals surface area contributed by atoms with Crippen LogP contribution in [0.15, 0.2) is 24.3 Å². The summed E-state index contributed by atoms with van der Waals surface area (Å²) < 4.78 is 41.5. The minimum Gasteiger partial charge on any atom is -0.265 e. The van der Waals surface area contributed by atoms with Crippen LogP contribution in [0.2, 0.25) is 0 Å². The lowest BCUT2D eigenvalue weighted by Gasteiger charge is -1.85. The third kappa shape index (κ3) is 9.64. The van der Waals surface area contributed by atoms with Crippen molar-refractivity contribution in [2.24, 2.45) is 10.3 Å². The number of rotatable bonds is 1. The molecule has 0 bridgehead atoms. The highest BCUT2D eigenvalue weighted by Crippen LogP contribution is 2.09. The van der Waals surface area contributed by atoms with Gasteiger partial charge in [0, 0.05) is 3.57 Å². The molecule has 0 aliphatic carbocycles.